The molecule has 1 aromatic rings. The molecule has 0 aliphatic heterocycles. The molecule has 0 fully saturated rings. The van der Waals surface area contributed by atoms with E-state index >= 15 is 0 Å². The fraction of sp³-hybridized carbons (Fsp3) is 0.900. The van der Waals surface area contributed by atoms with Gasteiger partial charge in [0.1, 0.15) is 0 Å². The molecule has 6 heteroatoms. The molecule has 0 aliphatic carbocycles. The van der Waals surface area contributed by atoms with Crippen molar-refractivity contribution in [2.75, 3.05) is 20.3 Å². The van der Waals surface area contributed by atoms with Crippen LogP contribution in [0.1, 0.15) is 39.6 Å². The van der Waals surface area contributed by atoms with Gasteiger partial charge >= 0.3 is 0 Å². The van der Waals surface area contributed by atoms with E-state index in [9.17, 15) is 0 Å². The van der Waals surface area contributed by atoms with Crippen molar-refractivity contribution in [1.29, 1.82) is 0 Å². The molecule has 0 radical (unpaired) electrons. The van der Waals surface area contributed by atoms with Crippen LogP contribution >= 0.6 is 0 Å². The lowest BCUT2D eigenvalue weighted by molar-refractivity contribution is 0.0966. The zero-order valence-electron chi connectivity index (χ0n) is 10.7. The fourth-order valence-electron chi connectivity index (χ4n) is 1.71. The first-order chi connectivity index (χ1) is 7.53. The summed E-state index contributed by atoms with van der Waals surface area (Å²) in [6.07, 6.45) is 0. The van der Waals surface area contributed by atoms with Gasteiger partial charge in [0.2, 0.25) is 0 Å². The maximum atomic E-state index is 5.19. The van der Waals surface area contributed by atoms with Crippen molar-refractivity contribution in [2.24, 2.45) is 0 Å². The molecule has 1 aromatic heterocycles. The molecule has 0 spiro atoms. The average molecular weight is 227 g/mol. The first-order valence-electron chi connectivity index (χ1n) is 5.54. The van der Waals surface area contributed by atoms with Gasteiger partial charge in [-0.1, -0.05) is 6.92 Å². The molecule has 92 valence electrons. The molecule has 0 saturated carbocycles. The quantitative estimate of drug-likeness (QED) is 0.776. The SMILES string of the molecule is CCNC(C)c1nnnn1C(C)(C)COC. The Labute approximate surface area is 96.4 Å². The third kappa shape index (κ3) is 2.76. The Hall–Kier alpha value is -1.01. The largest absolute Gasteiger partial charge is 0.382 e. The van der Waals surface area contributed by atoms with Gasteiger partial charge in [-0.05, 0) is 37.7 Å². The molecule has 1 unspecified atom stereocenters. The molecule has 0 aliphatic rings. The molecule has 0 bridgehead atoms. The Kier molecular flexibility index (Phi) is 4.37. The minimum atomic E-state index is -0.239. The molecule has 0 aromatic carbocycles. The van der Waals surface area contributed by atoms with Gasteiger partial charge in [-0.3, -0.25) is 0 Å². The lowest BCUT2D eigenvalue weighted by atomic mass is 10.1. The Balaban J connectivity index is 2.93. The highest BCUT2D eigenvalue weighted by atomic mass is 16.5. The number of ether oxygens (including phenoxy) is 1. The summed E-state index contributed by atoms with van der Waals surface area (Å²) in [5, 5.41) is 15.2. The molecule has 1 N–H and O–H groups in total. The summed E-state index contributed by atoms with van der Waals surface area (Å²) < 4.78 is 7.01. The van der Waals surface area contributed by atoms with Crippen LogP contribution in [0.5, 0.6) is 0 Å². The summed E-state index contributed by atoms with van der Waals surface area (Å²) in [4.78, 5) is 0. The second-order valence-corrected chi connectivity index (χ2v) is 4.47. The molecule has 1 heterocycles. The molecule has 1 rings (SSSR count). The third-order valence-electron chi connectivity index (χ3n) is 2.46. The molecule has 0 amide bonds. The van der Waals surface area contributed by atoms with Crippen LogP contribution < -0.4 is 5.32 Å². The molecular formula is C10H21N5O. The van der Waals surface area contributed by atoms with Crippen LogP contribution in [0.3, 0.4) is 0 Å². The van der Waals surface area contributed by atoms with Crippen molar-refractivity contribution >= 4 is 0 Å². The van der Waals surface area contributed by atoms with E-state index in [4.69, 9.17) is 4.74 Å². The molecule has 1 atom stereocenters. The normalized spacial score (nSPS) is 14.1. The summed E-state index contributed by atoms with van der Waals surface area (Å²) in [5.41, 5.74) is -0.239. The number of hydrogen-bond donors (Lipinski definition) is 1. The molecule has 0 saturated heterocycles. The Bertz CT molecular complexity index is 323. The van der Waals surface area contributed by atoms with Gasteiger partial charge in [0.05, 0.1) is 18.2 Å². The van der Waals surface area contributed by atoms with Gasteiger partial charge in [-0.15, -0.1) is 5.10 Å². The smallest absolute Gasteiger partial charge is 0.168 e. The van der Waals surface area contributed by atoms with E-state index in [-0.39, 0.29) is 11.6 Å². The number of aromatic nitrogens is 4. The maximum Gasteiger partial charge on any atom is 0.168 e. The zero-order valence-corrected chi connectivity index (χ0v) is 10.7. The number of nitrogens with zero attached hydrogens (tertiary/aromatic N) is 4. The Morgan fingerprint density at radius 3 is 2.75 bits per heavy atom. The Morgan fingerprint density at radius 2 is 2.19 bits per heavy atom. The van der Waals surface area contributed by atoms with Crippen molar-refractivity contribution in [1.82, 2.24) is 25.5 Å². The van der Waals surface area contributed by atoms with Crippen LogP contribution in [-0.4, -0.2) is 40.5 Å². The number of rotatable bonds is 6. The zero-order chi connectivity index (χ0) is 12.2. The fourth-order valence-corrected chi connectivity index (χ4v) is 1.71. The van der Waals surface area contributed by atoms with Crippen LogP contribution in [0.2, 0.25) is 0 Å². The first-order valence-corrected chi connectivity index (χ1v) is 5.54. The van der Waals surface area contributed by atoms with Gasteiger partial charge in [0.25, 0.3) is 0 Å². The van der Waals surface area contributed by atoms with Crippen molar-refractivity contribution in [3.63, 3.8) is 0 Å². The van der Waals surface area contributed by atoms with E-state index in [1.807, 2.05) is 4.68 Å². The summed E-state index contributed by atoms with van der Waals surface area (Å²) in [6, 6.07) is 0.135. The third-order valence-corrected chi connectivity index (χ3v) is 2.46. The first kappa shape index (κ1) is 13.1. The van der Waals surface area contributed by atoms with Gasteiger partial charge in [0.15, 0.2) is 5.82 Å². The predicted octanol–water partition coefficient (Wildman–Crippen LogP) is 0.725. The maximum absolute atomic E-state index is 5.19. The number of hydrogen-bond acceptors (Lipinski definition) is 5. The van der Waals surface area contributed by atoms with E-state index in [1.165, 1.54) is 0 Å². The standard InChI is InChI=1S/C10H21N5O/c1-6-11-8(2)9-12-13-14-15(9)10(3,4)7-16-5/h8,11H,6-7H2,1-5H3. The predicted molar refractivity (Wildman–Crippen MR) is 61.1 cm³/mol. The number of methoxy groups -OCH3 is 1. The summed E-state index contributed by atoms with van der Waals surface area (Å²) in [5.74, 6) is 0.837. The van der Waals surface area contributed by atoms with Crippen LogP contribution in [0.4, 0.5) is 0 Å². The van der Waals surface area contributed by atoms with E-state index < -0.39 is 0 Å². The number of nitrogens with one attached hydrogen (secondary N) is 1. The summed E-state index contributed by atoms with van der Waals surface area (Å²) in [7, 11) is 1.68. The van der Waals surface area contributed by atoms with E-state index in [1.54, 1.807) is 7.11 Å². The van der Waals surface area contributed by atoms with Crippen molar-refractivity contribution in [3.8, 4) is 0 Å². The minimum Gasteiger partial charge on any atom is -0.382 e. The van der Waals surface area contributed by atoms with Crippen molar-refractivity contribution in [2.45, 2.75) is 39.3 Å². The summed E-state index contributed by atoms with van der Waals surface area (Å²) >= 11 is 0. The van der Waals surface area contributed by atoms with Crippen LogP contribution in [0.15, 0.2) is 0 Å². The van der Waals surface area contributed by atoms with E-state index in [2.05, 4.69) is 48.5 Å². The molecular weight excluding hydrogens is 206 g/mol. The van der Waals surface area contributed by atoms with Crippen LogP contribution in [0.25, 0.3) is 0 Å². The molecule has 6 nitrogen and oxygen atoms in total. The van der Waals surface area contributed by atoms with Crippen molar-refractivity contribution < 1.29 is 4.74 Å². The summed E-state index contributed by atoms with van der Waals surface area (Å²) in [6.45, 7) is 9.67. The second kappa shape index (κ2) is 5.36. The topological polar surface area (TPSA) is 64.9 Å². The van der Waals surface area contributed by atoms with Gasteiger partial charge in [-0.25, -0.2) is 4.68 Å². The second-order valence-electron chi connectivity index (χ2n) is 4.47. The van der Waals surface area contributed by atoms with Gasteiger partial charge in [-0.2, -0.15) is 0 Å². The lowest BCUT2D eigenvalue weighted by Crippen LogP contribution is -2.36. The highest BCUT2D eigenvalue weighted by Crippen LogP contribution is 2.18. The highest BCUT2D eigenvalue weighted by Gasteiger charge is 2.27. The van der Waals surface area contributed by atoms with Gasteiger partial charge < -0.3 is 10.1 Å². The van der Waals surface area contributed by atoms with Crippen molar-refractivity contribution in [3.05, 3.63) is 5.82 Å². The molecule has 16 heavy (non-hydrogen) atoms. The van der Waals surface area contributed by atoms with Crippen LogP contribution in [0, 0.1) is 0 Å². The average Bonchev–Trinajstić information content (AvgIpc) is 2.66. The number of tetrazole rings is 1. The highest BCUT2D eigenvalue weighted by molar-refractivity contribution is 4.94. The lowest BCUT2D eigenvalue weighted by Gasteiger charge is -2.26. The van der Waals surface area contributed by atoms with Gasteiger partial charge in [0, 0.05) is 7.11 Å². The van der Waals surface area contributed by atoms with E-state index in [0.717, 1.165) is 12.4 Å². The minimum absolute atomic E-state index is 0.135. The monoisotopic (exact) mass is 227 g/mol. The van der Waals surface area contributed by atoms with E-state index in [0.29, 0.717) is 6.61 Å². The Morgan fingerprint density at radius 1 is 1.50 bits per heavy atom. The van der Waals surface area contributed by atoms with Crippen LogP contribution in [-0.2, 0) is 10.3 Å².